The highest BCUT2D eigenvalue weighted by molar-refractivity contribution is 7.14. The average Bonchev–Trinajstić information content (AvgIpc) is 3.11. The summed E-state index contributed by atoms with van der Waals surface area (Å²) < 4.78 is 15.4. The third kappa shape index (κ3) is 2.74. The van der Waals surface area contributed by atoms with E-state index < -0.39 is 0 Å². The molecule has 0 radical (unpaired) electrons. The van der Waals surface area contributed by atoms with E-state index >= 15 is 0 Å². The van der Waals surface area contributed by atoms with Crippen molar-refractivity contribution in [2.75, 3.05) is 12.4 Å². The van der Waals surface area contributed by atoms with E-state index in [1.165, 1.54) is 23.7 Å². The first kappa shape index (κ1) is 14.0. The van der Waals surface area contributed by atoms with Gasteiger partial charge in [-0.15, -0.1) is 11.3 Å². The number of aromatic nitrogens is 4. The Morgan fingerprint density at radius 3 is 3.00 bits per heavy atom. The molecule has 0 unspecified atom stereocenters. The predicted molar refractivity (Wildman–Crippen MR) is 81.2 cm³/mol. The second-order valence-corrected chi connectivity index (χ2v) is 5.49. The molecular formula is C13H11ClFN5S. The van der Waals surface area contributed by atoms with Crippen LogP contribution in [0.3, 0.4) is 0 Å². The van der Waals surface area contributed by atoms with Gasteiger partial charge in [0.15, 0.2) is 11.0 Å². The zero-order chi connectivity index (χ0) is 14.8. The van der Waals surface area contributed by atoms with Crippen LogP contribution in [0.2, 0.25) is 5.02 Å². The molecule has 1 aromatic carbocycles. The summed E-state index contributed by atoms with van der Waals surface area (Å²) in [6.45, 7) is 0.202. The lowest BCUT2D eigenvalue weighted by Gasteiger charge is -2.07. The quantitative estimate of drug-likeness (QED) is 0.800. The number of rotatable bonds is 4. The van der Waals surface area contributed by atoms with Gasteiger partial charge in [0.25, 0.3) is 0 Å². The molecule has 0 saturated heterocycles. The van der Waals surface area contributed by atoms with Crippen molar-refractivity contribution in [3.63, 3.8) is 0 Å². The summed E-state index contributed by atoms with van der Waals surface area (Å²) in [5.74, 6) is 0.213. The number of nitrogens with zero attached hydrogens (tertiary/aromatic N) is 4. The van der Waals surface area contributed by atoms with Gasteiger partial charge in [-0.3, -0.25) is 0 Å². The third-order valence-corrected chi connectivity index (χ3v) is 4.15. The normalized spacial score (nSPS) is 10.8. The highest BCUT2D eigenvalue weighted by Gasteiger charge is 2.14. The Morgan fingerprint density at radius 2 is 2.29 bits per heavy atom. The van der Waals surface area contributed by atoms with Gasteiger partial charge in [-0.2, -0.15) is 5.10 Å². The molecule has 3 rings (SSSR count). The maximum absolute atomic E-state index is 13.9. The smallest absolute Gasteiger partial charge is 0.183 e. The van der Waals surface area contributed by atoms with E-state index in [1.54, 1.807) is 23.9 Å². The second-order valence-electron chi connectivity index (χ2n) is 4.23. The van der Waals surface area contributed by atoms with Crippen LogP contribution in [-0.2, 0) is 6.54 Å². The molecular weight excluding hydrogens is 313 g/mol. The summed E-state index contributed by atoms with van der Waals surface area (Å²) >= 11 is 7.51. The number of hydrogen-bond acceptors (Lipinski definition) is 5. The minimum Gasteiger partial charge on any atom is -0.365 e. The molecule has 0 spiro atoms. The van der Waals surface area contributed by atoms with E-state index in [0.717, 1.165) is 5.13 Å². The van der Waals surface area contributed by atoms with Crippen molar-refractivity contribution in [3.8, 4) is 11.5 Å². The van der Waals surface area contributed by atoms with Gasteiger partial charge in [-0.1, -0.05) is 17.7 Å². The molecule has 21 heavy (non-hydrogen) atoms. The molecule has 5 nitrogen and oxygen atoms in total. The molecule has 0 fully saturated rings. The van der Waals surface area contributed by atoms with Crippen molar-refractivity contribution in [1.29, 1.82) is 0 Å². The number of anilines is 1. The van der Waals surface area contributed by atoms with Gasteiger partial charge in [-0.05, 0) is 12.1 Å². The molecule has 0 saturated carbocycles. The van der Waals surface area contributed by atoms with Crippen LogP contribution in [0.15, 0.2) is 29.9 Å². The second kappa shape index (κ2) is 5.79. The Bertz CT molecular complexity index is 749. The van der Waals surface area contributed by atoms with Crippen molar-refractivity contribution >= 4 is 28.1 Å². The van der Waals surface area contributed by atoms with Gasteiger partial charge in [0.05, 0.1) is 6.54 Å². The summed E-state index contributed by atoms with van der Waals surface area (Å²) in [5.41, 5.74) is 1.07. The Kier molecular flexibility index (Phi) is 3.85. The molecule has 108 valence electrons. The van der Waals surface area contributed by atoms with Gasteiger partial charge in [0.1, 0.15) is 17.8 Å². The summed E-state index contributed by atoms with van der Waals surface area (Å²) in [5, 5.41) is 10.1. The van der Waals surface area contributed by atoms with E-state index in [4.69, 9.17) is 11.6 Å². The van der Waals surface area contributed by atoms with Crippen LogP contribution < -0.4 is 5.32 Å². The van der Waals surface area contributed by atoms with Gasteiger partial charge < -0.3 is 5.32 Å². The van der Waals surface area contributed by atoms with Crippen molar-refractivity contribution in [2.24, 2.45) is 0 Å². The highest BCUT2D eigenvalue weighted by Crippen LogP contribution is 2.25. The lowest BCUT2D eigenvalue weighted by Crippen LogP contribution is -2.06. The fourth-order valence-electron chi connectivity index (χ4n) is 1.90. The lowest BCUT2D eigenvalue weighted by molar-refractivity contribution is 0.586. The van der Waals surface area contributed by atoms with Crippen LogP contribution >= 0.6 is 22.9 Å². The van der Waals surface area contributed by atoms with E-state index in [9.17, 15) is 4.39 Å². The van der Waals surface area contributed by atoms with E-state index in [2.05, 4.69) is 20.4 Å². The first-order chi connectivity index (χ1) is 10.2. The fourth-order valence-corrected chi connectivity index (χ4v) is 2.78. The lowest BCUT2D eigenvalue weighted by atomic mass is 10.2. The minimum atomic E-state index is -0.363. The zero-order valence-corrected chi connectivity index (χ0v) is 12.6. The first-order valence-corrected chi connectivity index (χ1v) is 7.39. The molecule has 2 aromatic heterocycles. The summed E-state index contributed by atoms with van der Waals surface area (Å²) in [6.07, 6.45) is 1.42. The third-order valence-electron chi connectivity index (χ3n) is 2.93. The molecule has 3 aromatic rings. The number of halogens is 2. The van der Waals surface area contributed by atoms with Crippen molar-refractivity contribution in [1.82, 2.24) is 19.7 Å². The minimum absolute atomic E-state index is 0.202. The largest absolute Gasteiger partial charge is 0.365 e. The van der Waals surface area contributed by atoms with Gasteiger partial charge in [0, 0.05) is 23.0 Å². The number of benzene rings is 1. The van der Waals surface area contributed by atoms with Gasteiger partial charge >= 0.3 is 0 Å². The van der Waals surface area contributed by atoms with Gasteiger partial charge in [0.2, 0.25) is 0 Å². The van der Waals surface area contributed by atoms with E-state index in [-0.39, 0.29) is 12.4 Å². The monoisotopic (exact) mass is 323 g/mol. The Balaban J connectivity index is 1.96. The maximum Gasteiger partial charge on any atom is 0.183 e. The topological polar surface area (TPSA) is 55.6 Å². The summed E-state index contributed by atoms with van der Waals surface area (Å²) in [6, 6.07) is 4.60. The SMILES string of the molecule is CNc1nc(-c2ncnn2Cc2c(F)cccc2Cl)cs1. The molecule has 0 aliphatic rings. The Labute approximate surface area is 129 Å². The van der Waals surface area contributed by atoms with Gasteiger partial charge in [-0.25, -0.2) is 19.0 Å². The van der Waals surface area contributed by atoms with Crippen molar-refractivity contribution < 1.29 is 4.39 Å². The molecule has 1 N–H and O–H groups in total. The molecule has 0 aliphatic carbocycles. The van der Waals surface area contributed by atoms with Crippen LogP contribution in [-0.4, -0.2) is 26.8 Å². The zero-order valence-electron chi connectivity index (χ0n) is 11.0. The number of thiazole rings is 1. The van der Waals surface area contributed by atoms with Crippen LogP contribution in [0.5, 0.6) is 0 Å². The highest BCUT2D eigenvalue weighted by atomic mass is 35.5. The maximum atomic E-state index is 13.9. The molecule has 0 aliphatic heterocycles. The number of hydrogen-bond donors (Lipinski definition) is 1. The molecule has 0 amide bonds. The summed E-state index contributed by atoms with van der Waals surface area (Å²) in [4.78, 5) is 8.57. The standard InChI is InChI=1S/C13H11ClFN5S/c1-16-13-19-11(6-21-13)12-17-7-18-20(12)5-8-9(14)3-2-4-10(8)15/h2-4,6-7H,5H2,1H3,(H,16,19). The van der Waals surface area contributed by atoms with Crippen molar-refractivity contribution in [2.45, 2.75) is 6.54 Å². The molecule has 2 heterocycles. The van der Waals surface area contributed by atoms with Crippen LogP contribution in [0.4, 0.5) is 9.52 Å². The van der Waals surface area contributed by atoms with E-state index in [0.29, 0.717) is 22.1 Å². The summed E-state index contributed by atoms with van der Waals surface area (Å²) in [7, 11) is 1.80. The number of nitrogens with one attached hydrogen (secondary N) is 1. The van der Waals surface area contributed by atoms with E-state index in [1.807, 2.05) is 5.38 Å². The fraction of sp³-hybridized carbons (Fsp3) is 0.154. The Hall–Kier alpha value is -1.99. The van der Waals surface area contributed by atoms with Crippen LogP contribution in [0.25, 0.3) is 11.5 Å². The molecule has 8 heteroatoms. The predicted octanol–water partition coefficient (Wildman–Crippen LogP) is 3.28. The molecule has 0 bridgehead atoms. The van der Waals surface area contributed by atoms with Crippen LogP contribution in [0.1, 0.15) is 5.56 Å². The average molecular weight is 324 g/mol. The van der Waals surface area contributed by atoms with Crippen molar-refractivity contribution in [3.05, 3.63) is 46.3 Å². The molecule has 0 atom stereocenters. The first-order valence-electron chi connectivity index (χ1n) is 6.13. The van der Waals surface area contributed by atoms with Crippen LogP contribution in [0, 0.1) is 5.82 Å². The Morgan fingerprint density at radius 1 is 1.43 bits per heavy atom.